The van der Waals surface area contributed by atoms with Crippen molar-refractivity contribution in [2.24, 2.45) is 7.05 Å². The van der Waals surface area contributed by atoms with E-state index in [9.17, 15) is 4.79 Å². The molecule has 2 rings (SSSR count). The average molecular weight is 229 g/mol. The molecule has 0 aliphatic heterocycles. The highest BCUT2D eigenvalue weighted by Gasteiger charge is 2.15. The van der Waals surface area contributed by atoms with Gasteiger partial charge in [0.05, 0.1) is 5.69 Å². The molecule has 0 saturated carbocycles. The summed E-state index contributed by atoms with van der Waals surface area (Å²) in [6.07, 6.45) is 3.41. The maximum atomic E-state index is 10.9. The van der Waals surface area contributed by atoms with E-state index in [0.717, 1.165) is 35.2 Å². The molecule has 0 saturated heterocycles. The van der Waals surface area contributed by atoms with Crippen LogP contribution in [-0.2, 0) is 13.5 Å². The normalized spacial score (nSPS) is 10.5. The molecule has 0 spiro atoms. The Kier molecular flexibility index (Phi) is 3.04. The van der Waals surface area contributed by atoms with Crippen LogP contribution in [-0.4, -0.2) is 21.1 Å². The lowest BCUT2D eigenvalue weighted by molar-refractivity contribution is 0.111. The number of rotatable bonds is 3. The molecule has 0 aliphatic carbocycles. The Hall–Kier alpha value is -1.97. The minimum Gasteiger partial charge on any atom is -0.296 e. The summed E-state index contributed by atoms with van der Waals surface area (Å²) in [5.41, 5.74) is 4.45. The highest BCUT2D eigenvalue weighted by Crippen LogP contribution is 2.25. The lowest BCUT2D eigenvalue weighted by atomic mass is 10.1. The van der Waals surface area contributed by atoms with Gasteiger partial charge in [-0.15, -0.1) is 0 Å². The molecular weight excluding hydrogens is 214 g/mol. The van der Waals surface area contributed by atoms with E-state index >= 15 is 0 Å². The number of hydrogen-bond acceptors (Lipinski definition) is 3. The highest BCUT2D eigenvalue weighted by molar-refractivity contribution is 5.79. The summed E-state index contributed by atoms with van der Waals surface area (Å²) < 4.78 is 1.74. The van der Waals surface area contributed by atoms with Crippen LogP contribution in [0.1, 0.15) is 28.7 Å². The molecule has 0 aromatic carbocycles. The number of pyridine rings is 1. The maximum absolute atomic E-state index is 10.9. The third kappa shape index (κ3) is 1.98. The number of aromatic nitrogens is 3. The molecule has 4 nitrogen and oxygen atoms in total. The molecule has 0 radical (unpaired) electrons. The van der Waals surface area contributed by atoms with Crippen molar-refractivity contribution in [1.29, 1.82) is 0 Å². The smallest absolute Gasteiger partial charge is 0.170 e. The fraction of sp³-hybridized carbons (Fsp3) is 0.308. The Labute approximate surface area is 100 Å². The van der Waals surface area contributed by atoms with Gasteiger partial charge in [-0.2, -0.15) is 5.10 Å². The summed E-state index contributed by atoms with van der Waals surface area (Å²) in [6.45, 7) is 3.97. The second-order valence-corrected chi connectivity index (χ2v) is 4.00. The lowest BCUT2D eigenvalue weighted by Gasteiger charge is -2.05. The van der Waals surface area contributed by atoms with Crippen LogP contribution in [0.4, 0.5) is 0 Å². The second-order valence-electron chi connectivity index (χ2n) is 4.00. The van der Waals surface area contributed by atoms with Crippen molar-refractivity contribution in [2.75, 3.05) is 0 Å². The molecule has 0 fully saturated rings. The third-order valence-electron chi connectivity index (χ3n) is 2.83. The molecule has 0 N–H and O–H groups in total. The number of aldehydes is 1. The highest BCUT2D eigenvalue weighted by atomic mass is 16.1. The van der Waals surface area contributed by atoms with E-state index in [1.54, 1.807) is 4.68 Å². The molecule has 17 heavy (non-hydrogen) atoms. The van der Waals surface area contributed by atoms with Gasteiger partial charge in [-0.25, -0.2) is 0 Å². The summed E-state index contributed by atoms with van der Waals surface area (Å²) in [4.78, 5) is 15.2. The molecule has 2 aromatic heterocycles. The number of carbonyl (C=O) groups excluding carboxylic acids is 1. The first-order valence-electron chi connectivity index (χ1n) is 5.61. The van der Waals surface area contributed by atoms with E-state index in [1.807, 2.05) is 39.2 Å². The van der Waals surface area contributed by atoms with Gasteiger partial charge in [0.25, 0.3) is 0 Å². The monoisotopic (exact) mass is 229 g/mol. The minimum absolute atomic E-state index is 0.519. The first kappa shape index (κ1) is 11.5. The summed E-state index contributed by atoms with van der Waals surface area (Å²) >= 11 is 0. The molecule has 0 bridgehead atoms. The van der Waals surface area contributed by atoms with Gasteiger partial charge in [-0.3, -0.25) is 14.5 Å². The molecule has 2 aromatic rings. The van der Waals surface area contributed by atoms with Crippen molar-refractivity contribution in [3.05, 3.63) is 35.3 Å². The van der Waals surface area contributed by atoms with Crippen LogP contribution in [0.3, 0.4) is 0 Å². The molecular formula is C13H15N3O. The van der Waals surface area contributed by atoms with Crippen LogP contribution in [0.2, 0.25) is 0 Å². The van der Waals surface area contributed by atoms with Crippen molar-refractivity contribution in [2.45, 2.75) is 20.3 Å². The topological polar surface area (TPSA) is 47.8 Å². The van der Waals surface area contributed by atoms with Gasteiger partial charge in [0.2, 0.25) is 0 Å². The largest absolute Gasteiger partial charge is 0.296 e. The minimum atomic E-state index is 0.519. The SMILES string of the molecule is CCc1c(C=O)nn(C)c1-c1ccc(C)nc1. The van der Waals surface area contributed by atoms with Gasteiger partial charge < -0.3 is 0 Å². The van der Waals surface area contributed by atoms with Crippen molar-refractivity contribution < 1.29 is 4.79 Å². The summed E-state index contributed by atoms with van der Waals surface area (Å²) in [6, 6.07) is 3.97. The zero-order chi connectivity index (χ0) is 12.4. The Morgan fingerprint density at radius 2 is 2.18 bits per heavy atom. The van der Waals surface area contributed by atoms with E-state index in [2.05, 4.69) is 10.1 Å². The van der Waals surface area contributed by atoms with Crippen LogP contribution < -0.4 is 0 Å². The Morgan fingerprint density at radius 1 is 1.41 bits per heavy atom. The fourth-order valence-corrected chi connectivity index (χ4v) is 2.00. The third-order valence-corrected chi connectivity index (χ3v) is 2.83. The fourth-order valence-electron chi connectivity index (χ4n) is 2.00. The van der Waals surface area contributed by atoms with E-state index in [0.29, 0.717) is 5.69 Å². The van der Waals surface area contributed by atoms with E-state index in [1.165, 1.54) is 0 Å². The van der Waals surface area contributed by atoms with E-state index in [-0.39, 0.29) is 0 Å². The number of hydrogen-bond donors (Lipinski definition) is 0. The zero-order valence-corrected chi connectivity index (χ0v) is 10.3. The van der Waals surface area contributed by atoms with E-state index < -0.39 is 0 Å². The van der Waals surface area contributed by atoms with Gasteiger partial charge in [0.15, 0.2) is 6.29 Å². The standard InChI is InChI=1S/C13H15N3O/c1-4-11-12(8-17)15-16(3)13(11)10-6-5-9(2)14-7-10/h5-8H,4H2,1-3H3. The van der Waals surface area contributed by atoms with Crippen LogP contribution in [0.15, 0.2) is 18.3 Å². The zero-order valence-electron chi connectivity index (χ0n) is 10.3. The maximum Gasteiger partial charge on any atom is 0.170 e. The molecule has 88 valence electrons. The Morgan fingerprint density at radius 3 is 2.71 bits per heavy atom. The predicted octanol–water partition coefficient (Wildman–Crippen LogP) is 2.17. The van der Waals surface area contributed by atoms with Crippen molar-refractivity contribution in [1.82, 2.24) is 14.8 Å². The van der Waals surface area contributed by atoms with Crippen molar-refractivity contribution in [3.8, 4) is 11.3 Å². The average Bonchev–Trinajstić information content (AvgIpc) is 2.66. The summed E-state index contributed by atoms with van der Waals surface area (Å²) in [7, 11) is 1.85. The number of nitrogens with zero attached hydrogens (tertiary/aromatic N) is 3. The van der Waals surface area contributed by atoms with Crippen molar-refractivity contribution in [3.63, 3.8) is 0 Å². The van der Waals surface area contributed by atoms with Gasteiger partial charge >= 0.3 is 0 Å². The second kappa shape index (κ2) is 4.49. The summed E-state index contributed by atoms with van der Waals surface area (Å²) in [5, 5.41) is 4.22. The Balaban J connectivity index is 2.61. The summed E-state index contributed by atoms with van der Waals surface area (Å²) in [5.74, 6) is 0. The number of carbonyl (C=O) groups is 1. The quantitative estimate of drug-likeness (QED) is 0.758. The number of aryl methyl sites for hydroxylation is 2. The van der Waals surface area contributed by atoms with Crippen LogP contribution in [0.25, 0.3) is 11.3 Å². The first-order valence-corrected chi connectivity index (χ1v) is 5.61. The van der Waals surface area contributed by atoms with Gasteiger partial charge in [0.1, 0.15) is 5.69 Å². The molecule has 4 heteroatoms. The van der Waals surface area contributed by atoms with Gasteiger partial charge in [-0.1, -0.05) is 6.92 Å². The molecule has 0 unspecified atom stereocenters. The lowest BCUT2D eigenvalue weighted by Crippen LogP contribution is -1.96. The van der Waals surface area contributed by atoms with Crippen LogP contribution in [0, 0.1) is 6.92 Å². The van der Waals surface area contributed by atoms with Crippen LogP contribution in [0.5, 0.6) is 0 Å². The molecule has 2 heterocycles. The van der Waals surface area contributed by atoms with Crippen LogP contribution >= 0.6 is 0 Å². The molecule has 0 amide bonds. The first-order chi connectivity index (χ1) is 8.17. The predicted molar refractivity (Wildman–Crippen MR) is 65.9 cm³/mol. The molecule has 0 aliphatic rings. The van der Waals surface area contributed by atoms with E-state index in [4.69, 9.17) is 0 Å². The Bertz CT molecular complexity index is 541. The van der Waals surface area contributed by atoms with Gasteiger partial charge in [-0.05, 0) is 25.5 Å². The van der Waals surface area contributed by atoms with Crippen molar-refractivity contribution >= 4 is 6.29 Å². The van der Waals surface area contributed by atoms with Gasteiger partial charge in [0, 0.05) is 30.1 Å². The molecule has 0 atom stereocenters.